The molecule has 0 atom stereocenters. The van der Waals surface area contributed by atoms with E-state index >= 15 is 0 Å². The van der Waals surface area contributed by atoms with Crippen LogP contribution in [0.25, 0.3) is 0 Å². The third-order valence-corrected chi connectivity index (χ3v) is 2.36. The average Bonchev–Trinajstić information content (AvgIpc) is 2.77. The monoisotopic (exact) mass is 253 g/mol. The van der Waals surface area contributed by atoms with Gasteiger partial charge < -0.3 is 9.26 Å². The molecule has 17 heavy (non-hydrogen) atoms. The zero-order valence-electron chi connectivity index (χ0n) is 9.55. The SMILES string of the molecule is CC(C)c1noc(COc2cccnc2Cl)n1. The quantitative estimate of drug-likeness (QED) is 0.784. The van der Waals surface area contributed by atoms with Crippen LogP contribution in [0.5, 0.6) is 5.75 Å². The van der Waals surface area contributed by atoms with Crippen LogP contribution in [-0.4, -0.2) is 15.1 Å². The summed E-state index contributed by atoms with van der Waals surface area (Å²) in [6.07, 6.45) is 1.60. The van der Waals surface area contributed by atoms with Crippen molar-refractivity contribution in [3.8, 4) is 5.75 Å². The molecule has 0 saturated heterocycles. The predicted octanol–water partition coefficient (Wildman–Crippen LogP) is 2.82. The second-order valence-electron chi connectivity index (χ2n) is 3.78. The van der Waals surface area contributed by atoms with Crippen LogP contribution in [-0.2, 0) is 6.61 Å². The van der Waals surface area contributed by atoms with Gasteiger partial charge in [-0.05, 0) is 12.1 Å². The maximum absolute atomic E-state index is 5.84. The summed E-state index contributed by atoms with van der Waals surface area (Å²) in [5, 5.41) is 4.15. The summed E-state index contributed by atoms with van der Waals surface area (Å²) in [4.78, 5) is 8.09. The number of pyridine rings is 1. The van der Waals surface area contributed by atoms with E-state index < -0.39 is 0 Å². The summed E-state index contributed by atoms with van der Waals surface area (Å²) in [6, 6.07) is 3.48. The van der Waals surface area contributed by atoms with Crippen molar-refractivity contribution in [3.05, 3.63) is 35.2 Å². The van der Waals surface area contributed by atoms with Crippen molar-refractivity contribution in [2.75, 3.05) is 0 Å². The molecule has 2 rings (SSSR count). The first-order valence-corrected chi connectivity index (χ1v) is 5.60. The van der Waals surface area contributed by atoms with E-state index in [0.29, 0.717) is 22.6 Å². The van der Waals surface area contributed by atoms with E-state index in [9.17, 15) is 0 Å². The van der Waals surface area contributed by atoms with E-state index in [1.807, 2.05) is 13.8 Å². The Kier molecular flexibility index (Phi) is 3.58. The lowest BCUT2D eigenvalue weighted by atomic mass is 10.2. The Hall–Kier alpha value is -1.62. The molecule has 0 saturated carbocycles. The standard InChI is InChI=1S/C11H12ClN3O2/c1-7(2)11-14-9(17-15-11)6-16-8-4-3-5-13-10(8)12/h3-5,7H,6H2,1-2H3. The summed E-state index contributed by atoms with van der Waals surface area (Å²) < 4.78 is 10.5. The average molecular weight is 254 g/mol. The predicted molar refractivity (Wildman–Crippen MR) is 62.0 cm³/mol. The van der Waals surface area contributed by atoms with Gasteiger partial charge in [-0.1, -0.05) is 30.6 Å². The number of halogens is 1. The van der Waals surface area contributed by atoms with Crippen LogP contribution >= 0.6 is 11.6 Å². The molecular formula is C11H12ClN3O2. The van der Waals surface area contributed by atoms with Gasteiger partial charge in [-0.3, -0.25) is 0 Å². The topological polar surface area (TPSA) is 61.0 Å². The van der Waals surface area contributed by atoms with Crippen LogP contribution in [0.1, 0.15) is 31.5 Å². The lowest BCUT2D eigenvalue weighted by Gasteiger charge is -2.03. The van der Waals surface area contributed by atoms with Gasteiger partial charge >= 0.3 is 0 Å². The van der Waals surface area contributed by atoms with Gasteiger partial charge in [-0.2, -0.15) is 4.98 Å². The number of hydrogen-bond donors (Lipinski definition) is 0. The molecule has 5 nitrogen and oxygen atoms in total. The minimum Gasteiger partial charge on any atom is -0.481 e. The molecule has 0 aromatic carbocycles. The maximum Gasteiger partial charge on any atom is 0.264 e. The van der Waals surface area contributed by atoms with Gasteiger partial charge in [0.05, 0.1) is 0 Å². The van der Waals surface area contributed by atoms with E-state index in [1.165, 1.54) is 0 Å². The van der Waals surface area contributed by atoms with Gasteiger partial charge in [0.25, 0.3) is 5.89 Å². The number of aromatic nitrogens is 3. The fourth-order valence-electron chi connectivity index (χ4n) is 1.18. The van der Waals surface area contributed by atoms with Gasteiger partial charge in [0.15, 0.2) is 23.3 Å². The molecule has 2 aromatic heterocycles. The highest BCUT2D eigenvalue weighted by Gasteiger charge is 2.10. The molecule has 0 aliphatic rings. The molecule has 0 radical (unpaired) electrons. The second kappa shape index (κ2) is 5.14. The van der Waals surface area contributed by atoms with Gasteiger partial charge in [0.1, 0.15) is 0 Å². The molecular weight excluding hydrogens is 242 g/mol. The van der Waals surface area contributed by atoms with Crippen molar-refractivity contribution in [2.24, 2.45) is 0 Å². The molecule has 0 fully saturated rings. The van der Waals surface area contributed by atoms with E-state index in [0.717, 1.165) is 0 Å². The van der Waals surface area contributed by atoms with Crippen LogP contribution < -0.4 is 4.74 Å². The molecule has 0 spiro atoms. The van der Waals surface area contributed by atoms with Crippen LogP contribution in [0, 0.1) is 0 Å². The molecule has 90 valence electrons. The lowest BCUT2D eigenvalue weighted by Crippen LogP contribution is -1.97. The van der Waals surface area contributed by atoms with Crippen LogP contribution in [0.2, 0.25) is 5.15 Å². The van der Waals surface area contributed by atoms with Crippen molar-refractivity contribution in [1.82, 2.24) is 15.1 Å². The van der Waals surface area contributed by atoms with E-state index in [4.69, 9.17) is 20.9 Å². The number of nitrogens with zero attached hydrogens (tertiary/aromatic N) is 3. The number of rotatable bonds is 4. The Bertz CT molecular complexity index is 499. The van der Waals surface area contributed by atoms with Gasteiger partial charge in [0, 0.05) is 12.1 Å². The minimum atomic E-state index is 0.186. The fraction of sp³-hybridized carbons (Fsp3) is 0.364. The van der Waals surface area contributed by atoms with E-state index in [1.54, 1.807) is 18.3 Å². The van der Waals surface area contributed by atoms with Crippen LogP contribution in [0.3, 0.4) is 0 Å². The summed E-state index contributed by atoms with van der Waals surface area (Å²) >= 11 is 5.84. The smallest absolute Gasteiger partial charge is 0.264 e. The maximum atomic E-state index is 5.84. The lowest BCUT2D eigenvalue weighted by molar-refractivity contribution is 0.242. The number of hydrogen-bond acceptors (Lipinski definition) is 5. The molecule has 0 aliphatic heterocycles. The molecule has 2 heterocycles. The van der Waals surface area contributed by atoms with Gasteiger partial charge in [0.2, 0.25) is 0 Å². The summed E-state index contributed by atoms with van der Waals surface area (Å²) in [7, 11) is 0. The van der Waals surface area contributed by atoms with Crippen molar-refractivity contribution < 1.29 is 9.26 Å². The zero-order chi connectivity index (χ0) is 12.3. The highest BCUT2D eigenvalue weighted by atomic mass is 35.5. The highest BCUT2D eigenvalue weighted by molar-refractivity contribution is 6.30. The number of ether oxygens (including phenoxy) is 1. The first-order chi connectivity index (χ1) is 8.16. The van der Waals surface area contributed by atoms with Crippen molar-refractivity contribution >= 4 is 11.6 Å². The van der Waals surface area contributed by atoms with E-state index in [2.05, 4.69) is 15.1 Å². The normalized spacial score (nSPS) is 10.8. The largest absolute Gasteiger partial charge is 0.481 e. The van der Waals surface area contributed by atoms with Crippen molar-refractivity contribution in [1.29, 1.82) is 0 Å². The fourth-order valence-corrected chi connectivity index (χ4v) is 1.35. The third kappa shape index (κ3) is 2.94. The Morgan fingerprint density at radius 3 is 2.94 bits per heavy atom. The van der Waals surface area contributed by atoms with Crippen molar-refractivity contribution in [3.63, 3.8) is 0 Å². The summed E-state index contributed by atoms with van der Waals surface area (Å²) in [5.41, 5.74) is 0. The first-order valence-electron chi connectivity index (χ1n) is 5.22. The highest BCUT2D eigenvalue weighted by Crippen LogP contribution is 2.21. The molecule has 0 amide bonds. The van der Waals surface area contributed by atoms with Crippen LogP contribution in [0.4, 0.5) is 0 Å². The Morgan fingerprint density at radius 1 is 1.47 bits per heavy atom. The zero-order valence-corrected chi connectivity index (χ0v) is 10.3. The molecule has 6 heteroatoms. The molecule has 0 N–H and O–H groups in total. The molecule has 0 unspecified atom stereocenters. The summed E-state index contributed by atoms with van der Waals surface area (Å²) in [6.45, 7) is 4.17. The van der Waals surface area contributed by atoms with Gasteiger partial charge in [-0.25, -0.2) is 4.98 Å². The minimum absolute atomic E-state index is 0.186. The van der Waals surface area contributed by atoms with Crippen molar-refractivity contribution in [2.45, 2.75) is 26.4 Å². The Morgan fingerprint density at radius 2 is 2.29 bits per heavy atom. The molecule has 0 bridgehead atoms. The van der Waals surface area contributed by atoms with E-state index in [-0.39, 0.29) is 12.5 Å². The summed E-state index contributed by atoms with van der Waals surface area (Å²) in [5.74, 6) is 1.82. The van der Waals surface area contributed by atoms with Crippen LogP contribution in [0.15, 0.2) is 22.9 Å². The first kappa shape index (κ1) is 11.9. The van der Waals surface area contributed by atoms with Gasteiger partial charge in [-0.15, -0.1) is 0 Å². The second-order valence-corrected chi connectivity index (χ2v) is 4.14. The molecule has 2 aromatic rings. The molecule has 0 aliphatic carbocycles. The Balaban J connectivity index is 2.00. The Labute approximate surface area is 104 Å². The third-order valence-electron chi connectivity index (χ3n) is 2.08.